The number of thiophene rings is 1. The smallest absolute Gasteiger partial charge is 0.261 e. The Hall–Kier alpha value is -2.79. The minimum absolute atomic E-state index is 0.0388. The van der Waals surface area contributed by atoms with Gasteiger partial charge in [0.05, 0.1) is 18.1 Å². The molecular formula is C23H25NO3S. The number of hydrogen-bond donors (Lipinski definition) is 1. The molecule has 4 nitrogen and oxygen atoms in total. The van der Waals surface area contributed by atoms with E-state index in [1.165, 1.54) is 11.3 Å². The highest BCUT2D eigenvalue weighted by atomic mass is 32.1. The van der Waals surface area contributed by atoms with Gasteiger partial charge in [0, 0.05) is 11.4 Å². The highest BCUT2D eigenvalue weighted by molar-refractivity contribution is 7.17. The zero-order valence-electron chi connectivity index (χ0n) is 16.2. The van der Waals surface area contributed by atoms with Gasteiger partial charge in [-0.2, -0.15) is 0 Å². The van der Waals surface area contributed by atoms with Crippen molar-refractivity contribution in [3.63, 3.8) is 0 Å². The third-order valence-corrected chi connectivity index (χ3v) is 5.33. The average Bonchev–Trinajstić information content (AvgIpc) is 3.21. The van der Waals surface area contributed by atoms with Gasteiger partial charge in [0.15, 0.2) is 11.5 Å². The fraction of sp³-hybridized carbons (Fsp3) is 0.261. The Bertz CT molecular complexity index is 905. The van der Waals surface area contributed by atoms with Gasteiger partial charge >= 0.3 is 0 Å². The fourth-order valence-electron chi connectivity index (χ4n) is 2.88. The Balaban J connectivity index is 1.57. The first-order chi connectivity index (χ1) is 13.7. The second kappa shape index (κ2) is 9.95. The molecule has 1 heterocycles. The van der Waals surface area contributed by atoms with Crippen molar-refractivity contribution in [2.75, 3.05) is 19.8 Å². The third kappa shape index (κ3) is 5.14. The zero-order valence-corrected chi connectivity index (χ0v) is 17.1. The van der Waals surface area contributed by atoms with Crippen molar-refractivity contribution < 1.29 is 14.3 Å². The van der Waals surface area contributed by atoms with Crippen LogP contribution in [0.1, 0.15) is 29.1 Å². The molecule has 0 aliphatic rings. The van der Waals surface area contributed by atoms with Crippen LogP contribution in [0.4, 0.5) is 0 Å². The van der Waals surface area contributed by atoms with Gasteiger partial charge in [-0.05, 0) is 55.7 Å². The maximum Gasteiger partial charge on any atom is 0.261 e. The predicted molar refractivity (Wildman–Crippen MR) is 115 cm³/mol. The quantitative estimate of drug-likeness (QED) is 0.543. The number of hydrogen-bond acceptors (Lipinski definition) is 4. The Kier molecular flexibility index (Phi) is 7.09. The maximum absolute atomic E-state index is 12.4. The van der Waals surface area contributed by atoms with E-state index in [4.69, 9.17) is 9.47 Å². The van der Waals surface area contributed by atoms with Crippen molar-refractivity contribution in [1.29, 1.82) is 0 Å². The fourth-order valence-corrected chi connectivity index (χ4v) is 3.80. The number of benzene rings is 2. The topological polar surface area (TPSA) is 47.6 Å². The molecule has 3 rings (SSSR count). The van der Waals surface area contributed by atoms with Crippen molar-refractivity contribution in [3.8, 4) is 21.9 Å². The van der Waals surface area contributed by atoms with Crippen molar-refractivity contribution in [2.45, 2.75) is 20.3 Å². The molecular weight excluding hydrogens is 370 g/mol. The van der Waals surface area contributed by atoms with Crippen LogP contribution in [0.25, 0.3) is 10.4 Å². The molecule has 0 saturated carbocycles. The van der Waals surface area contributed by atoms with Crippen molar-refractivity contribution in [3.05, 3.63) is 71.1 Å². The molecule has 146 valence electrons. The van der Waals surface area contributed by atoms with E-state index in [0.29, 0.717) is 19.8 Å². The van der Waals surface area contributed by atoms with Crippen LogP contribution in [0.15, 0.2) is 60.7 Å². The van der Waals surface area contributed by atoms with Gasteiger partial charge in [-0.25, -0.2) is 0 Å². The van der Waals surface area contributed by atoms with E-state index in [0.717, 1.165) is 38.8 Å². The molecule has 0 saturated heterocycles. The first-order valence-electron chi connectivity index (χ1n) is 9.53. The molecule has 0 unspecified atom stereocenters. The van der Waals surface area contributed by atoms with Crippen LogP contribution in [-0.4, -0.2) is 25.7 Å². The lowest BCUT2D eigenvalue weighted by atomic mass is 10.1. The molecule has 5 heteroatoms. The van der Waals surface area contributed by atoms with Gasteiger partial charge in [-0.15, -0.1) is 11.3 Å². The van der Waals surface area contributed by atoms with Crippen LogP contribution < -0.4 is 14.8 Å². The number of carbonyl (C=O) groups excluding carboxylic acids is 1. The molecule has 2 aromatic carbocycles. The Morgan fingerprint density at radius 1 is 0.929 bits per heavy atom. The van der Waals surface area contributed by atoms with Crippen LogP contribution in [0, 0.1) is 0 Å². The van der Waals surface area contributed by atoms with Gasteiger partial charge in [0.1, 0.15) is 0 Å². The summed E-state index contributed by atoms with van der Waals surface area (Å²) in [6.45, 7) is 5.65. The van der Waals surface area contributed by atoms with Crippen LogP contribution >= 0.6 is 11.3 Å². The van der Waals surface area contributed by atoms with Crippen molar-refractivity contribution >= 4 is 17.2 Å². The van der Waals surface area contributed by atoms with Crippen LogP contribution in [0.5, 0.6) is 11.5 Å². The second-order valence-electron chi connectivity index (χ2n) is 6.18. The first kappa shape index (κ1) is 20.0. The lowest BCUT2D eigenvalue weighted by molar-refractivity contribution is 0.0958. The van der Waals surface area contributed by atoms with Crippen molar-refractivity contribution in [1.82, 2.24) is 5.32 Å². The van der Waals surface area contributed by atoms with Crippen molar-refractivity contribution in [2.24, 2.45) is 0 Å². The van der Waals surface area contributed by atoms with Gasteiger partial charge in [0.25, 0.3) is 5.91 Å². The summed E-state index contributed by atoms with van der Waals surface area (Å²) in [7, 11) is 0. The van der Waals surface area contributed by atoms with E-state index in [-0.39, 0.29) is 5.91 Å². The lowest BCUT2D eigenvalue weighted by Gasteiger charge is -2.12. The highest BCUT2D eigenvalue weighted by Gasteiger charge is 2.11. The Morgan fingerprint density at radius 3 is 2.43 bits per heavy atom. The molecule has 1 amide bonds. The van der Waals surface area contributed by atoms with Crippen LogP contribution in [0.2, 0.25) is 0 Å². The SMILES string of the molecule is CCOc1ccc(CCNC(=O)c2ccc(-c3ccccc3)s2)cc1OCC. The number of amides is 1. The van der Waals surface area contributed by atoms with E-state index in [1.807, 2.05) is 62.4 Å². The van der Waals surface area contributed by atoms with Gasteiger partial charge in [-0.1, -0.05) is 36.4 Å². The summed E-state index contributed by atoms with van der Waals surface area (Å²) in [6.07, 6.45) is 0.731. The summed E-state index contributed by atoms with van der Waals surface area (Å²) in [5.41, 5.74) is 2.23. The average molecular weight is 396 g/mol. The van der Waals surface area contributed by atoms with E-state index in [2.05, 4.69) is 17.4 Å². The molecule has 28 heavy (non-hydrogen) atoms. The summed E-state index contributed by atoms with van der Waals surface area (Å²) in [5.74, 6) is 1.46. The minimum atomic E-state index is -0.0388. The Labute approximate surface area is 170 Å². The molecule has 3 aromatic rings. The van der Waals surface area contributed by atoms with E-state index < -0.39 is 0 Å². The molecule has 1 aromatic heterocycles. The van der Waals surface area contributed by atoms with Crippen LogP contribution in [0.3, 0.4) is 0 Å². The summed E-state index contributed by atoms with van der Waals surface area (Å²) in [5, 5.41) is 3.00. The molecule has 0 atom stereocenters. The number of nitrogens with one attached hydrogen (secondary N) is 1. The molecule has 0 spiro atoms. The molecule has 0 bridgehead atoms. The van der Waals surface area contributed by atoms with Crippen LogP contribution in [-0.2, 0) is 6.42 Å². The summed E-state index contributed by atoms with van der Waals surface area (Å²) in [4.78, 5) is 14.3. The third-order valence-electron chi connectivity index (χ3n) is 4.20. The molecule has 0 radical (unpaired) electrons. The normalized spacial score (nSPS) is 10.5. The number of carbonyl (C=O) groups is 1. The predicted octanol–water partition coefficient (Wildman–Crippen LogP) is 5.19. The lowest BCUT2D eigenvalue weighted by Crippen LogP contribution is -2.24. The second-order valence-corrected chi connectivity index (χ2v) is 7.27. The standard InChI is InChI=1S/C23H25NO3S/c1-3-26-19-11-10-17(16-20(19)27-4-2)14-15-24-23(25)22-13-12-21(28-22)18-8-6-5-7-9-18/h5-13,16H,3-4,14-15H2,1-2H3,(H,24,25). The summed E-state index contributed by atoms with van der Waals surface area (Å²) < 4.78 is 11.3. The van der Waals surface area contributed by atoms with Gasteiger partial charge in [-0.3, -0.25) is 4.79 Å². The minimum Gasteiger partial charge on any atom is -0.490 e. The van der Waals surface area contributed by atoms with Gasteiger partial charge < -0.3 is 14.8 Å². The largest absolute Gasteiger partial charge is 0.490 e. The first-order valence-corrected chi connectivity index (χ1v) is 10.3. The molecule has 1 N–H and O–H groups in total. The summed E-state index contributed by atoms with van der Waals surface area (Å²) >= 11 is 1.51. The van der Waals surface area contributed by atoms with Gasteiger partial charge in [0.2, 0.25) is 0 Å². The molecule has 0 aliphatic carbocycles. The number of rotatable bonds is 9. The Morgan fingerprint density at radius 2 is 1.68 bits per heavy atom. The monoisotopic (exact) mass is 395 g/mol. The molecule has 0 fully saturated rings. The van der Waals surface area contributed by atoms with E-state index >= 15 is 0 Å². The zero-order chi connectivity index (χ0) is 19.8. The summed E-state index contributed by atoms with van der Waals surface area (Å²) in [6, 6.07) is 19.9. The maximum atomic E-state index is 12.4. The van der Waals surface area contributed by atoms with E-state index in [9.17, 15) is 4.79 Å². The highest BCUT2D eigenvalue weighted by Crippen LogP contribution is 2.29. The number of ether oxygens (including phenoxy) is 2. The van der Waals surface area contributed by atoms with E-state index in [1.54, 1.807) is 0 Å². The molecule has 0 aliphatic heterocycles.